The molecule has 1 unspecified atom stereocenters. The van der Waals surface area contributed by atoms with Crippen molar-refractivity contribution in [2.24, 2.45) is 12.5 Å². The summed E-state index contributed by atoms with van der Waals surface area (Å²) in [5.41, 5.74) is 4.32. The van der Waals surface area contributed by atoms with E-state index in [-0.39, 0.29) is 45.7 Å². The lowest BCUT2D eigenvalue weighted by molar-refractivity contribution is -0.134. The van der Waals surface area contributed by atoms with Gasteiger partial charge >= 0.3 is 0 Å². The topological polar surface area (TPSA) is 133 Å². The molecule has 2 N–H and O–H groups in total. The molecule has 1 spiro atoms. The predicted octanol–water partition coefficient (Wildman–Crippen LogP) is 4.92. The summed E-state index contributed by atoms with van der Waals surface area (Å²) >= 11 is 6.33. The fourth-order valence-corrected chi connectivity index (χ4v) is 9.34. The second kappa shape index (κ2) is 14.8. The van der Waals surface area contributed by atoms with Crippen molar-refractivity contribution in [1.82, 2.24) is 29.9 Å². The molecule has 0 radical (unpaired) electrons. The number of amides is 3. The van der Waals surface area contributed by atoms with E-state index in [4.69, 9.17) is 11.6 Å². The lowest BCUT2D eigenvalue weighted by Crippen LogP contribution is -2.48. The van der Waals surface area contributed by atoms with Crippen LogP contribution in [-0.2, 0) is 16.6 Å². The van der Waals surface area contributed by atoms with Crippen LogP contribution in [0.3, 0.4) is 0 Å². The predicted molar refractivity (Wildman–Crippen MR) is 209 cm³/mol. The summed E-state index contributed by atoms with van der Waals surface area (Å²) in [5.74, 6) is -0.528. The van der Waals surface area contributed by atoms with Crippen molar-refractivity contribution in [2.45, 2.75) is 62.8 Å². The zero-order valence-electron chi connectivity index (χ0n) is 30.9. The number of aromatic nitrogens is 3. The fraction of sp³-hybridized carbons (Fsp3) is 0.463. The molecule has 3 amide bonds. The van der Waals surface area contributed by atoms with Gasteiger partial charge in [-0.3, -0.25) is 29.5 Å². The first kappa shape index (κ1) is 36.2. The van der Waals surface area contributed by atoms with Gasteiger partial charge in [-0.25, -0.2) is 4.68 Å². The number of benzene rings is 2. The molecular formula is C41H47ClN8O4. The highest BCUT2D eigenvalue weighted by molar-refractivity contribution is 6.32. The standard InChI is InChI=1S/C41H47ClN8O4/c1-47-24-29(21-30(25-47)45-34-23-44-48(2)40(54)36(34)42)26-3-5-27(6-4-26)39(53)50-19-14-41(15-20-50)12-17-49(18-13-41)31-7-8-32-28(22-31)11-16-43-37(32)33-9-10-35(51)46-38(33)52/h3-8,11,16,22-23,29-30,33,45H,9-10,12-15,17-21,24-25H2,1-2H3,(H,46,51,52)/t29-,30+,33?/m1/s1. The first-order chi connectivity index (χ1) is 26.1. The number of anilines is 2. The number of halogens is 1. The Balaban J connectivity index is 0.850. The van der Waals surface area contributed by atoms with E-state index in [1.807, 2.05) is 23.1 Å². The normalized spacial score (nSPS) is 23.4. The van der Waals surface area contributed by atoms with Gasteiger partial charge < -0.3 is 20.0 Å². The van der Waals surface area contributed by atoms with Gasteiger partial charge in [-0.1, -0.05) is 29.8 Å². The molecule has 0 aliphatic carbocycles. The minimum Gasteiger partial charge on any atom is -0.378 e. The number of carbonyl (C=O) groups excluding carboxylic acids is 3. The molecule has 8 rings (SSSR count). The van der Waals surface area contributed by atoms with Crippen molar-refractivity contribution in [3.63, 3.8) is 0 Å². The smallest absolute Gasteiger partial charge is 0.287 e. The number of imide groups is 1. The highest BCUT2D eigenvalue weighted by atomic mass is 35.5. The monoisotopic (exact) mass is 750 g/mol. The molecule has 0 saturated carbocycles. The summed E-state index contributed by atoms with van der Waals surface area (Å²) in [5, 5.41) is 12.2. The molecule has 2 aromatic heterocycles. The highest BCUT2D eigenvalue weighted by Gasteiger charge is 2.39. The third-order valence-corrected chi connectivity index (χ3v) is 12.7. The molecule has 4 aromatic rings. The summed E-state index contributed by atoms with van der Waals surface area (Å²) in [7, 11) is 3.68. The van der Waals surface area contributed by atoms with Crippen LogP contribution in [0, 0.1) is 5.41 Å². The quantitative estimate of drug-likeness (QED) is 0.264. The van der Waals surface area contributed by atoms with Crippen LogP contribution in [0.15, 0.2) is 65.7 Å². The summed E-state index contributed by atoms with van der Waals surface area (Å²) in [6.07, 6.45) is 9.26. The minimum atomic E-state index is -0.413. The average Bonchev–Trinajstić information content (AvgIpc) is 3.18. The first-order valence-corrected chi connectivity index (χ1v) is 19.5. The molecule has 282 valence electrons. The van der Waals surface area contributed by atoms with Gasteiger partial charge in [0.15, 0.2) is 0 Å². The van der Waals surface area contributed by atoms with E-state index in [1.165, 1.54) is 15.9 Å². The third kappa shape index (κ3) is 7.21. The largest absolute Gasteiger partial charge is 0.378 e. The average molecular weight is 751 g/mol. The van der Waals surface area contributed by atoms with Crippen LogP contribution < -0.4 is 21.1 Å². The Bertz CT molecular complexity index is 2140. The summed E-state index contributed by atoms with van der Waals surface area (Å²) < 4.78 is 1.23. The molecule has 4 fully saturated rings. The van der Waals surface area contributed by atoms with E-state index in [9.17, 15) is 19.2 Å². The number of likely N-dealkylation sites (N-methyl/N-ethyl adjacent to an activating group) is 1. The third-order valence-electron chi connectivity index (χ3n) is 12.3. The number of nitrogens with zero attached hydrogens (tertiary/aromatic N) is 6. The van der Waals surface area contributed by atoms with Crippen LogP contribution >= 0.6 is 11.6 Å². The lowest BCUT2D eigenvalue weighted by atomic mass is 9.71. The molecule has 12 nitrogen and oxygen atoms in total. The van der Waals surface area contributed by atoms with Crippen LogP contribution in [0.5, 0.6) is 0 Å². The Hall–Kier alpha value is -4.81. The molecule has 4 aliphatic heterocycles. The van der Waals surface area contributed by atoms with Gasteiger partial charge in [0, 0.05) is 81.6 Å². The highest BCUT2D eigenvalue weighted by Crippen LogP contribution is 2.43. The number of nitrogens with one attached hydrogen (secondary N) is 2. The van der Waals surface area contributed by atoms with Gasteiger partial charge in [0.25, 0.3) is 11.5 Å². The number of likely N-dealkylation sites (tertiary alicyclic amines) is 2. The van der Waals surface area contributed by atoms with E-state index in [1.54, 1.807) is 19.4 Å². The zero-order chi connectivity index (χ0) is 37.6. The molecule has 0 bridgehead atoms. The molecule has 2 aromatic carbocycles. The first-order valence-electron chi connectivity index (χ1n) is 19.1. The van der Waals surface area contributed by atoms with E-state index in [0.29, 0.717) is 18.5 Å². The SMILES string of the molecule is CN1C[C@@H](Nc2cnn(C)c(=O)c2Cl)C[C@@H](c2ccc(C(=O)N3CCC4(CC3)CCN(c3ccc5c(C6CCC(=O)NC6=O)nccc5c3)CC4)cc2)C1. The van der Waals surface area contributed by atoms with E-state index in [0.717, 1.165) is 93.4 Å². The maximum absolute atomic E-state index is 13.7. The Labute approximate surface area is 319 Å². The van der Waals surface area contributed by atoms with E-state index in [2.05, 4.69) is 67.9 Å². The number of rotatable bonds is 6. The van der Waals surface area contributed by atoms with Gasteiger partial charge in [-0.2, -0.15) is 5.10 Å². The van der Waals surface area contributed by atoms with E-state index < -0.39 is 5.92 Å². The summed E-state index contributed by atoms with van der Waals surface area (Å²) in [6, 6.07) is 16.6. The number of aryl methyl sites for hydroxylation is 1. The number of hydrogen-bond acceptors (Lipinski definition) is 9. The number of carbonyl (C=O) groups is 3. The fourth-order valence-electron chi connectivity index (χ4n) is 9.12. The maximum atomic E-state index is 13.7. The van der Waals surface area contributed by atoms with Crippen LogP contribution in [0.1, 0.15) is 78.4 Å². The zero-order valence-corrected chi connectivity index (χ0v) is 31.6. The molecule has 3 atom stereocenters. The maximum Gasteiger partial charge on any atom is 0.287 e. The van der Waals surface area contributed by atoms with Gasteiger partial charge in [-0.15, -0.1) is 0 Å². The molecule has 13 heteroatoms. The number of piperidine rings is 4. The van der Waals surface area contributed by atoms with Gasteiger partial charge in [-0.05, 0) is 98.2 Å². The van der Waals surface area contributed by atoms with Gasteiger partial charge in [0.05, 0.1) is 23.5 Å². The molecule has 6 heterocycles. The van der Waals surface area contributed by atoms with Crippen LogP contribution in [0.25, 0.3) is 10.8 Å². The van der Waals surface area contributed by atoms with Crippen LogP contribution in [0.4, 0.5) is 11.4 Å². The lowest BCUT2D eigenvalue weighted by Gasteiger charge is -2.47. The number of hydrogen-bond donors (Lipinski definition) is 2. The Kier molecular flexibility index (Phi) is 9.91. The van der Waals surface area contributed by atoms with Crippen molar-refractivity contribution < 1.29 is 14.4 Å². The summed E-state index contributed by atoms with van der Waals surface area (Å²) in [4.78, 5) is 61.5. The van der Waals surface area contributed by atoms with Crippen molar-refractivity contribution >= 4 is 51.5 Å². The second-order valence-corrected chi connectivity index (χ2v) is 16.2. The van der Waals surface area contributed by atoms with Crippen LogP contribution in [0.2, 0.25) is 5.02 Å². The van der Waals surface area contributed by atoms with Gasteiger partial charge in [0.2, 0.25) is 11.8 Å². The Morgan fingerprint density at radius 2 is 1.69 bits per heavy atom. The van der Waals surface area contributed by atoms with Crippen LogP contribution in [-0.4, -0.2) is 94.6 Å². The van der Waals surface area contributed by atoms with Crippen molar-refractivity contribution in [2.75, 3.05) is 56.5 Å². The van der Waals surface area contributed by atoms with Crippen molar-refractivity contribution in [1.29, 1.82) is 0 Å². The van der Waals surface area contributed by atoms with E-state index >= 15 is 0 Å². The minimum absolute atomic E-state index is 0.0965. The van der Waals surface area contributed by atoms with Crippen molar-refractivity contribution in [3.05, 3.63) is 93.1 Å². The molecule has 4 saturated heterocycles. The van der Waals surface area contributed by atoms with Gasteiger partial charge in [0.1, 0.15) is 5.02 Å². The second-order valence-electron chi connectivity index (χ2n) is 15.8. The Morgan fingerprint density at radius 3 is 2.43 bits per heavy atom. The number of pyridine rings is 1. The summed E-state index contributed by atoms with van der Waals surface area (Å²) in [6.45, 7) is 5.20. The molecule has 54 heavy (non-hydrogen) atoms. The number of fused-ring (bicyclic) bond motifs is 1. The van der Waals surface area contributed by atoms with Crippen molar-refractivity contribution in [3.8, 4) is 0 Å². The molecular weight excluding hydrogens is 704 g/mol. The Morgan fingerprint density at radius 1 is 0.944 bits per heavy atom. The molecule has 4 aliphatic rings.